The van der Waals surface area contributed by atoms with Gasteiger partial charge in [-0.2, -0.15) is 9.97 Å². The van der Waals surface area contributed by atoms with Gasteiger partial charge >= 0.3 is 0 Å². The highest BCUT2D eigenvalue weighted by atomic mass is 35.5. The van der Waals surface area contributed by atoms with Crippen molar-refractivity contribution < 1.29 is 0 Å². The predicted molar refractivity (Wildman–Crippen MR) is 207 cm³/mol. The molecular weight excluding hydrogens is 735 g/mol. The lowest BCUT2D eigenvalue weighted by molar-refractivity contribution is 0.546. The van der Waals surface area contributed by atoms with Crippen molar-refractivity contribution in [1.29, 1.82) is 0 Å². The molecule has 0 spiro atoms. The van der Waals surface area contributed by atoms with Crippen molar-refractivity contribution in [2.45, 2.75) is 63.5 Å². The molecular formula is C36H33Cl3N14. The smallest absolute Gasteiger partial charge is 0.230 e. The second-order valence-electron chi connectivity index (χ2n) is 12.8. The van der Waals surface area contributed by atoms with E-state index in [0.29, 0.717) is 45.3 Å². The molecule has 8 aromatic heterocycles. The molecule has 8 aromatic rings. The summed E-state index contributed by atoms with van der Waals surface area (Å²) in [5, 5.41) is 23.3. The monoisotopic (exact) mass is 766 g/mol. The second kappa shape index (κ2) is 15.3. The molecule has 2 fully saturated rings. The van der Waals surface area contributed by atoms with E-state index in [0.717, 1.165) is 43.9 Å². The Kier molecular flexibility index (Phi) is 10.1. The third kappa shape index (κ3) is 7.34. The number of hydrogen-bond donors (Lipinski definition) is 2. The minimum atomic E-state index is 0.336. The van der Waals surface area contributed by atoms with Crippen molar-refractivity contribution in [2.24, 2.45) is 0 Å². The Morgan fingerprint density at radius 2 is 1.06 bits per heavy atom. The number of nitrogen functional groups attached to an aromatic ring is 1. The van der Waals surface area contributed by atoms with E-state index >= 15 is 0 Å². The van der Waals surface area contributed by atoms with Gasteiger partial charge in [-0.15, -0.1) is 20.4 Å². The number of halogens is 3. The number of nitrogens with one attached hydrogen (secondary N) is 1. The van der Waals surface area contributed by atoms with Crippen LogP contribution in [-0.4, -0.2) is 59.4 Å². The average molecular weight is 768 g/mol. The summed E-state index contributed by atoms with van der Waals surface area (Å²) in [5.74, 6) is 1.38. The Labute approximate surface area is 318 Å². The number of aromatic nitrogens is 12. The number of fused-ring (bicyclic) bond motifs is 6. The highest BCUT2D eigenvalue weighted by Crippen LogP contribution is 2.39. The van der Waals surface area contributed by atoms with E-state index in [1.165, 1.54) is 51.4 Å². The molecule has 0 saturated heterocycles. The molecule has 0 atom stereocenters. The van der Waals surface area contributed by atoms with Crippen LogP contribution >= 0.6 is 34.8 Å². The molecule has 10 rings (SSSR count). The molecule has 268 valence electrons. The molecule has 0 aromatic carbocycles. The Hall–Kier alpha value is -5.31. The number of pyridine rings is 2. The molecule has 2 aliphatic rings. The van der Waals surface area contributed by atoms with Crippen LogP contribution in [0.2, 0.25) is 15.5 Å². The van der Waals surface area contributed by atoms with Gasteiger partial charge in [0.05, 0.1) is 23.4 Å². The quantitative estimate of drug-likeness (QED) is 0.174. The van der Waals surface area contributed by atoms with Gasteiger partial charge in [-0.1, -0.05) is 60.5 Å². The van der Waals surface area contributed by atoms with Crippen molar-refractivity contribution >= 4 is 96.4 Å². The van der Waals surface area contributed by atoms with Crippen LogP contribution in [-0.2, 0) is 0 Å². The molecule has 14 nitrogen and oxygen atoms in total. The Morgan fingerprint density at radius 1 is 0.566 bits per heavy atom. The van der Waals surface area contributed by atoms with Crippen LogP contribution in [0.25, 0.3) is 43.9 Å². The van der Waals surface area contributed by atoms with Gasteiger partial charge in [0.15, 0.2) is 21.3 Å². The maximum Gasteiger partial charge on any atom is 0.230 e. The third-order valence-electron chi connectivity index (χ3n) is 9.56. The summed E-state index contributed by atoms with van der Waals surface area (Å²) in [6, 6.07) is 11.6. The average Bonchev–Trinajstić information content (AvgIpc) is 4.00. The standard InChI is InChI=1S/C18H16ClN7.C14H15N5.C4H2Cl2N2/c19-15-5-6-16(25-24-15)22-18-21-9-13-12-7-8-20-10-14(12)26(17(13)23-18)11-3-1-2-4-11;15-14-17-7-11-10-5-6-16-8-12(10)19(13(11)18-14)9-3-1-2-4-9;5-3-1-2-4(6)8-7-3/h5-11H,1-4H2,(H,21,22,23,25);5-9H,1-4H2,(H2,15,17,18);1-2H. The number of nitrogens with zero attached hydrogens (tertiary/aromatic N) is 12. The van der Waals surface area contributed by atoms with E-state index in [9.17, 15) is 0 Å². The van der Waals surface area contributed by atoms with Gasteiger partial charge in [-0.05, 0) is 62.1 Å². The van der Waals surface area contributed by atoms with E-state index in [4.69, 9.17) is 45.5 Å². The van der Waals surface area contributed by atoms with Crippen LogP contribution in [0.4, 0.5) is 17.7 Å². The Bertz CT molecular complexity index is 2490. The molecule has 0 amide bonds. The lowest BCUT2D eigenvalue weighted by atomic mass is 10.2. The lowest BCUT2D eigenvalue weighted by Gasteiger charge is -2.14. The molecule has 3 N–H and O–H groups in total. The fourth-order valence-electron chi connectivity index (χ4n) is 7.27. The maximum absolute atomic E-state index is 5.79. The second-order valence-corrected chi connectivity index (χ2v) is 14.0. The zero-order chi connectivity index (χ0) is 36.3. The van der Waals surface area contributed by atoms with Crippen molar-refractivity contribution in [3.8, 4) is 0 Å². The van der Waals surface area contributed by atoms with Crippen LogP contribution in [0.5, 0.6) is 0 Å². The lowest BCUT2D eigenvalue weighted by Crippen LogP contribution is -2.07. The zero-order valence-electron chi connectivity index (χ0n) is 28.3. The summed E-state index contributed by atoms with van der Waals surface area (Å²) in [7, 11) is 0. The van der Waals surface area contributed by atoms with Gasteiger partial charge in [0.2, 0.25) is 11.9 Å². The van der Waals surface area contributed by atoms with Crippen molar-refractivity contribution in [3.05, 3.63) is 89.0 Å². The van der Waals surface area contributed by atoms with E-state index in [-0.39, 0.29) is 0 Å². The van der Waals surface area contributed by atoms with Crippen LogP contribution in [0, 0.1) is 0 Å². The molecule has 8 heterocycles. The van der Waals surface area contributed by atoms with Crippen molar-refractivity contribution in [2.75, 3.05) is 11.1 Å². The molecule has 0 unspecified atom stereocenters. The Balaban J connectivity index is 0.000000129. The minimum Gasteiger partial charge on any atom is -0.368 e. The number of hydrogen-bond acceptors (Lipinski definition) is 12. The molecule has 17 heteroatoms. The van der Waals surface area contributed by atoms with Crippen molar-refractivity contribution in [1.82, 2.24) is 59.4 Å². The van der Waals surface area contributed by atoms with E-state index < -0.39 is 0 Å². The summed E-state index contributed by atoms with van der Waals surface area (Å²) in [4.78, 5) is 26.4. The summed E-state index contributed by atoms with van der Waals surface area (Å²) in [6.07, 6.45) is 21.0. The van der Waals surface area contributed by atoms with E-state index in [2.05, 4.69) is 59.8 Å². The van der Waals surface area contributed by atoms with Gasteiger partial charge in [-0.3, -0.25) is 9.97 Å². The van der Waals surface area contributed by atoms with E-state index in [1.54, 1.807) is 24.3 Å². The first-order chi connectivity index (χ1) is 25.9. The normalized spacial score (nSPS) is 14.8. The minimum absolute atomic E-state index is 0.336. The molecule has 2 aliphatic carbocycles. The topological polar surface area (TPSA) is 177 Å². The van der Waals surface area contributed by atoms with Crippen LogP contribution in [0.3, 0.4) is 0 Å². The fourth-order valence-corrected chi connectivity index (χ4v) is 7.57. The van der Waals surface area contributed by atoms with E-state index in [1.807, 2.05) is 49.3 Å². The summed E-state index contributed by atoms with van der Waals surface area (Å²) < 4.78 is 4.63. The number of anilines is 3. The first-order valence-corrected chi connectivity index (χ1v) is 18.4. The van der Waals surface area contributed by atoms with Gasteiger partial charge in [0.1, 0.15) is 11.3 Å². The third-order valence-corrected chi connectivity index (χ3v) is 10.2. The summed E-state index contributed by atoms with van der Waals surface area (Å²) in [5.41, 5.74) is 9.90. The summed E-state index contributed by atoms with van der Waals surface area (Å²) >= 11 is 16.5. The van der Waals surface area contributed by atoms with Gasteiger partial charge in [-0.25, -0.2) is 9.97 Å². The molecule has 0 aliphatic heterocycles. The highest BCUT2D eigenvalue weighted by molar-refractivity contribution is 6.31. The zero-order valence-corrected chi connectivity index (χ0v) is 30.6. The molecule has 2 saturated carbocycles. The largest absolute Gasteiger partial charge is 0.368 e. The van der Waals surface area contributed by atoms with Gasteiger partial charge < -0.3 is 20.2 Å². The Morgan fingerprint density at radius 3 is 1.57 bits per heavy atom. The van der Waals surface area contributed by atoms with Crippen molar-refractivity contribution in [3.63, 3.8) is 0 Å². The summed E-state index contributed by atoms with van der Waals surface area (Å²) in [6.45, 7) is 0. The van der Waals surface area contributed by atoms with Crippen LogP contribution < -0.4 is 11.1 Å². The number of rotatable bonds is 4. The van der Waals surface area contributed by atoms with Crippen LogP contribution in [0.15, 0.2) is 73.6 Å². The molecule has 0 bridgehead atoms. The SMILES string of the molecule is Clc1ccc(Cl)nn1.Clc1ccc(Nc2ncc3c4ccncc4n(C4CCCC4)c3n2)nn1.Nc1ncc2c3ccncc3n(C3CCCC3)c2n1. The predicted octanol–water partition coefficient (Wildman–Crippen LogP) is 8.74. The molecule has 53 heavy (non-hydrogen) atoms. The first kappa shape index (κ1) is 34.8. The van der Waals surface area contributed by atoms with Crippen LogP contribution in [0.1, 0.15) is 63.5 Å². The van der Waals surface area contributed by atoms with Gasteiger partial charge in [0.25, 0.3) is 0 Å². The first-order valence-electron chi connectivity index (χ1n) is 17.3. The van der Waals surface area contributed by atoms with Gasteiger partial charge in [0, 0.05) is 58.4 Å². The fraction of sp³-hybridized carbons (Fsp3) is 0.278. The number of nitrogens with two attached hydrogens (primary N) is 1. The molecule has 0 radical (unpaired) electrons. The highest BCUT2D eigenvalue weighted by Gasteiger charge is 2.24. The maximum atomic E-state index is 5.79.